The van der Waals surface area contributed by atoms with E-state index in [0.29, 0.717) is 23.2 Å². The summed E-state index contributed by atoms with van der Waals surface area (Å²) in [5, 5.41) is 40.8. The zero-order valence-electron chi connectivity index (χ0n) is 39.4. The topological polar surface area (TPSA) is 146 Å². The van der Waals surface area contributed by atoms with Crippen LogP contribution in [0.15, 0.2) is 96.2 Å². The molecule has 2 saturated heterocycles. The van der Waals surface area contributed by atoms with Gasteiger partial charge in [-0.3, -0.25) is 4.79 Å². The second-order valence-electron chi connectivity index (χ2n) is 19.2. The Balaban J connectivity index is 1.59. The summed E-state index contributed by atoms with van der Waals surface area (Å²) in [6.45, 7) is 15.7. The smallest absolute Gasteiger partial charge is 0.311 e. The summed E-state index contributed by atoms with van der Waals surface area (Å²) >= 11 is 0. The molecule has 348 valence electrons. The number of aliphatic hydroxyl groups excluding tert-OH is 2. The van der Waals surface area contributed by atoms with E-state index in [1.54, 1.807) is 27.9 Å². The Morgan fingerprint density at radius 2 is 1.38 bits per heavy atom. The van der Waals surface area contributed by atoms with Gasteiger partial charge in [0.15, 0.2) is 12.4 Å². The van der Waals surface area contributed by atoms with Gasteiger partial charge < -0.3 is 48.3 Å². The molecule has 0 unspecified atom stereocenters. The number of cyclic esters (lactones) is 1. The molecule has 2 heterocycles. The van der Waals surface area contributed by atoms with Gasteiger partial charge in [0.05, 0.1) is 62.3 Å². The quantitative estimate of drug-likeness (QED) is 0.0900. The summed E-state index contributed by atoms with van der Waals surface area (Å²) in [7, 11) is 6.03. The van der Waals surface area contributed by atoms with E-state index in [1.807, 2.05) is 94.4 Å². The fourth-order valence-corrected chi connectivity index (χ4v) is 9.81. The van der Waals surface area contributed by atoms with Crippen molar-refractivity contribution in [2.75, 3.05) is 21.2 Å². The summed E-state index contributed by atoms with van der Waals surface area (Å²) in [6, 6.07) is 30.0. The zero-order valence-corrected chi connectivity index (χ0v) is 39.4. The Morgan fingerprint density at radius 1 is 0.825 bits per heavy atom. The number of nitrogens with zero attached hydrogens (tertiary/aromatic N) is 2. The van der Waals surface area contributed by atoms with Crippen molar-refractivity contribution in [3.63, 3.8) is 0 Å². The third-order valence-corrected chi connectivity index (χ3v) is 13.7. The molecule has 0 saturated carbocycles. The van der Waals surface area contributed by atoms with Crippen LogP contribution in [-0.4, -0.2) is 113 Å². The summed E-state index contributed by atoms with van der Waals surface area (Å²) < 4.78 is 34.1. The zero-order chi connectivity index (χ0) is 46.1. The van der Waals surface area contributed by atoms with Crippen molar-refractivity contribution in [1.29, 1.82) is 0 Å². The molecule has 5 rings (SSSR count). The standard InChI is InChI=1S/C51H75N2O10/c1-12-42-51(8,57)46(55)35(4)43(52-60-32-40-26-20-15-21-27-40)33(2)29-50(7,58-11)47(36(5)44(54)37(6)48(56)62-42)63-49-45(59-31-39-24-18-14-19-25-39)41(28-34(3)61-49)53(9,10)30-38-22-16-13-17-23-38/h13-27,33-37,41-42,44-47,49,54-55,57H,12,28-32H2,1-11H3/q+1/b52-43-/t33-,34-,35+,36+,37-,41+,42-,44+,45-,46-,47-,49+,50-,51-/m1/s1. The monoisotopic (exact) mass is 876 g/mol. The fraction of sp³-hybridized carbons (Fsp3) is 0.608. The van der Waals surface area contributed by atoms with Gasteiger partial charge in [-0.25, -0.2) is 0 Å². The third kappa shape index (κ3) is 12.3. The van der Waals surface area contributed by atoms with E-state index in [4.69, 9.17) is 28.5 Å². The number of ether oxygens (including phenoxy) is 5. The molecule has 3 N–H and O–H groups in total. The second-order valence-corrected chi connectivity index (χ2v) is 19.2. The lowest BCUT2D eigenvalue weighted by Crippen LogP contribution is -2.64. The number of hydrogen-bond acceptors (Lipinski definition) is 11. The third-order valence-electron chi connectivity index (χ3n) is 13.7. The first kappa shape index (κ1) is 50.3. The van der Waals surface area contributed by atoms with Crippen molar-refractivity contribution in [1.82, 2.24) is 0 Å². The van der Waals surface area contributed by atoms with Gasteiger partial charge in [-0.05, 0) is 51.7 Å². The van der Waals surface area contributed by atoms with Gasteiger partial charge in [-0.15, -0.1) is 0 Å². The molecule has 0 spiro atoms. The van der Waals surface area contributed by atoms with Crippen LogP contribution in [0.4, 0.5) is 0 Å². The molecule has 12 nitrogen and oxygen atoms in total. The van der Waals surface area contributed by atoms with E-state index in [0.717, 1.165) is 17.7 Å². The number of methoxy groups -OCH3 is 1. The van der Waals surface area contributed by atoms with E-state index < -0.39 is 77.7 Å². The van der Waals surface area contributed by atoms with Crippen LogP contribution in [0.1, 0.15) is 91.3 Å². The minimum Gasteiger partial charge on any atom is -0.459 e. The molecule has 2 aliphatic rings. The lowest BCUT2D eigenvalue weighted by molar-refractivity contribution is -0.934. The molecule has 63 heavy (non-hydrogen) atoms. The maximum atomic E-state index is 14.0. The Labute approximate surface area is 376 Å². The van der Waals surface area contributed by atoms with Crippen molar-refractivity contribution in [2.45, 2.75) is 155 Å². The molecule has 0 aliphatic carbocycles. The molecular weight excluding hydrogens is 801 g/mol. The highest BCUT2D eigenvalue weighted by atomic mass is 16.7. The number of likely N-dealkylation sites (N-methyl/N-ethyl adjacent to an activating group) is 1. The van der Waals surface area contributed by atoms with Gasteiger partial charge in [0.25, 0.3) is 0 Å². The molecule has 2 fully saturated rings. The maximum absolute atomic E-state index is 14.0. The fourth-order valence-electron chi connectivity index (χ4n) is 9.81. The summed E-state index contributed by atoms with van der Waals surface area (Å²) in [5.41, 5.74) is 0.552. The number of rotatable bonds is 13. The van der Waals surface area contributed by atoms with Gasteiger partial charge in [0.1, 0.15) is 30.9 Å². The summed E-state index contributed by atoms with van der Waals surface area (Å²) in [6.07, 6.45) is -5.19. The first-order valence-corrected chi connectivity index (χ1v) is 22.7. The number of oxime groups is 1. The van der Waals surface area contributed by atoms with Gasteiger partial charge in [-0.1, -0.05) is 124 Å². The molecule has 2 aliphatic heterocycles. The molecule has 3 aromatic carbocycles. The van der Waals surface area contributed by atoms with Crippen LogP contribution in [0.2, 0.25) is 0 Å². The normalized spacial score (nSPS) is 35.7. The van der Waals surface area contributed by atoms with Crippen LogP contribution in [0.3, 0.4) is 0 Å². The molecule has 14 atom stereocenters. The van der Waals surface area contributed by atoms with Crippen molar-refractivity contribution >= 4 is 11.7 Å². The van der Waals surface area contributed by atoms with Crippen LogP contribution in [0, 0.1) is 23.7 Å². The van der Waals surface area contributed by atoms with E-state index in [2.05, 4.69) is 43.5 Å². The van der Waals surface area contributed by atoms with Crippen LogP contribution >= 0.6 is 0 Å². The Bertz CT molecular complexity index is 1880. The van der Waals surface area contributed by atoms with Crippen molar-refractivity contribution in [3.8, 4) is 0 Å². The van der Waals surface area contributed by atoms with E-state index in [1.165, 1.54) is 12.5 Å². The van der Waals surface area contributed by atoms with Crippen LogP contribution in [0.25, 0.3) is 0 Å². The van der Waals surface area contributed by atoms with Gasteiger partial charge in [0, 0.05) is 36.8 Å². The van der Waals surface area contributed by atoms with E-state index in [9.17, 15) is 20.1 Å². The maximum Gasteiger partial charge on any atom is 0.311 e. The lowest BCUT2D eigenvalue weighted by Gasteiger charge is -2.51. The minimum atomic E-state index is -1.88. The predicted molar refractivity (Wildman–Crippen MR) is 243 cm³/mol. The second kappa shape index (κ2) is 22.0. The number of quaternary nitrogens is 1. The Hall–Kier alpha value is -3.72. The van der Waals surface area contributed by atoms with E-state index in [-0.39, 0.29) is 31.6 Å². The number of hydrogen-bond donors (Lipinski definition) is 3. The summed E-state index contributed by atoms with van der Waals surface area (Å²) in [5.74, 6) is -3.66. The molecule has 0 aromatic heterocycles. The van der Waals surface area contributed by atoms with Gasteiger partial charge >= 0.3 is 5.97 Å². The largest absolute Gasteiger partial charge is 0.459 e. The Morgan fingerprint density at radius 3 is 1.94 bits per heavy atom. The molecule has 12 heteroatoms. The average molecular weight is 876 g/mol. The lowest BCUT2D eigenvalue weighted by atomic mass is 9.73. The van der Waals surface area contributed by atoms with E-state index >= 15 is 0 Å². The van der Waals surface area contributed by atoms with Crippen molar-refractivity contribution in [2.24, 2.45) is 28.8 Å². The number of carbonyl (C=O) groups excluding carboxylic acids is 1. The molecule has 0 radical (unpaired) electrons. The van der Waals surface area contributed by atoms with Crippen LogP contribution in [-0.2, 0) is 53.1 Å². The number of esters is 1. The SMILES string of the molecule is CC[C@H]1OC(=O)[C@H](C)[C@@H](O)[C@H](C)[C@@H](O[C@@H]2O[C@H](C)C[C@H]([N+](C)(C)Cc3ccccc3)[C@H]2OCc2ccccc2)[C@](C)(OC)C[C@@H](C)/C(=N/OCc2ccccc2)[C@H](C)[C@@H](O)[C@]1(C)O. The molecule has 0 amide bonds. The van der Waals surface area contributed by atoms with Crippen LogP contribution in [0.5, 0.6) is 0 Å². The highest BCUT2D eigenvalue weighted by Crippen LogP contribution is 2.41. The van der Waals surface area contributed by atoms with Gasteiger partial charge in [-0.2, -0.15) is 0 Å². The highest BCUT2D eigenvalue weighted by molar-refractivity contribution is 5.88. The number of aliphatic hydroxyl groups is 3. The minimum absolute atomic E-state index is 0.0790. The number of benzene rings is 3. The number of carbonyl (C=O) groups is 1. The highest BCUT2D eigenvalue weighted by Gasteiger charge is 2.53. The summed E-state index contributed by atoms with van der Waals surface area (Å²) in [4.78, 5) is 20.0. The van der Waals surface area contributed by atoms with Gasteiger partial charge in [0.2, 0.25) is 0 Å². The average Bonchev–Trinajstić information content (AvgIpc) is 3.27. The van der Waals surface area contributed by atoms with Crippen molar-refractivity contribution < 1.29 is 53.1 Å². The van der Waals surface area contributed by atoms with Crippen LogP contribution < -0.4 is 0 Å². The Kier molecular flexibility index (Phi) is 17.5. The first-order chi connectivity index (χ1) is 29.8. The molecule has 0 bridgehead atoms. The first-order valence-electron chi connectivity index (χ1n) is 22.7. The molecular formula is C51H75N2O10+. The molecule has 3 aromatic rings. The van der Waals surface area contributed by atoms with Crippen molar-refractivity contribution in [3.05, 3.63) is 108 Å². The predicted octanol–water partition coefficient (Wildman–Crippen LogP) is 7.46.